The largest absolute Gasteiger partial charge is 0.362 e. The van der Waals surface area contributed by atoms with Gasteiger partial charge in [-0.3, -0.25) is 4.99 Å². The second-order valence-corrected chi connectivity index (χ2v) is 7.12. The van der Waals surface area contributed by atoms with Crippen LogP contribution in [-0.4, -0.2) is 17.8 Å². The normalized spacial score (nSPS) is 30.1. The third-order valence-electron chi connectivity index (χ3n) is 4.58. The lowest BCUT2D eigenvalue weighted by Gasteiger charge is -2.28. The number of thioether (sulfide) groups is 1. The van der Waals surface area contributed by atoms with Gasteiger partial charge in [0.1, 0.15) is 0 Å². The molecule has 3 heteroatoms. The number of hydrogen-bond donors (Lipinski definition) is 1. The fraction of sp³-hybridized carbons (Fsp3) is 0.588. The molecule has 1 aromatic rings. The molecule has 108 valence electrons. The average molecular weight is 288 g/mol. The molecular weight excluding hydrogens is 264 g/mol. The van der Waals surface area contributed by atoms with Gasteiger partial charge in [-0.15, -0.1) is 0 Å². The lowest BCUT2D eigenvalue weighted by Crippen LogP contribution is -2.35. The maximum Gasteiger partial charge on any atom is 0.157 e. The first-order chi connectivity index (χ1) is 9.85. The van der Waals surface area contributed by atoms with E-state index in [2.05, 4.69) is 42.6 Å². The zero-order chi connectivity index (χ0) is 13.8. The fourth-order valence-corrected chi connectivity index (χ4v) is 4.28. The molecular formula is C17H24N2S. The Labute approximate surface area is 126 Å². The SMILES string of the molecule is CCC1CCC(NC2=NCC(c3ccccc3)S2)CC1. The summed E-state index contributed by atoms with van der Waals surface area (Å²) >= 11 is 1.90. The fourth-order valence-electron chi connectivity index (χ4n) is 3.19. The molecule has 1 aromatic carbocycles. The summed E-state index contributed by atoms with van der Waals surface area (Å²) in [7, 11) is 0. The van der Waals surface area contributed by atoms with E-state index >= 15 is 0 Å². The molecule has 1 saturated carbocycles. The number of aliphatic imine (C=N–C) groups is 1. The summed E-state index contributed by atoms with van der Waals surface area (Å²) < 4.78 is 0. The topological polar surface area (TPSA) is 24.4 Å². The molecule has 0 bridgehead atoms. The monoisotopic (exact) mass is 288 g/mol. The van der Waals surface area contributed by atoms with Crippen molar-refractivity contribution >= 4 is 16.9 Å². The smallest absolute Gasteiger partial charge is 0.157 e. The standard InChI is InChI=1S/C17H24N2S/c1-2-13-8-10-15(11-9-13)19-17-18-12-16(20-17)14-6-4-3-5-7-14/h3-7,13,15-16H,2,8-12H2,1H3,(H,18,19). The maximum absolute atomic E-state index is 4.70. The molecule has 20 heavy (non-hydrogen) atoms. The van der Waals surface area contributed by atoms with Crippen molar-refractivity contribution in [2.45, 2.75) is 50.3 Å². The van der Waals surface area contributed by atoms with Gasteiger partial charge in [0, 0.05) is 6.04 Å². The Bertz CT molecular complexity index is 449. The summed E-state index contributed by atoms with van der Waals surface area (Å²) in [5.74, 6) is 0.961. The van der Waals surface area contributed by atoms with Crippen molar-refractivity contribution in [3.05, 3.63) is 35.9 Å². The van der Waals surface area contributed by atoms with Crippen molar-refractivity contribution < 1.29 is 0 Å². The molecule has 1 aliphatic heterocycles. The summed E-state index contributed by atoms with van der Waals surface area (Å²) in [6.45, 7) is 3.24. The van der Waals surface area contributed by atoms with Crippen LogP contribution in [0.15, 0.2) is 35.3 Å². The predicted octanol–water partition coefficient (Wildman–Crippen LogP) is 4.39. The Morgan fingerprint density at radius 3 is 2.60 bits per heavy atom. The molecule has 0 radical (unpaired) electrons. The minimum Gasteiger partial charge on any atom is -0.362 e. The van der Waals surface area contributed by atoms with E-state index in [0.29, 0.717) is 11.3 Å². The minimum absolute atomic E-state index is 0.505. The molecule has 3 rings (SSSR count). The van der Waals surface area contributed by atoms with Crippen LogP contribution < -0.4 is 5.32 Å². The van der Waals surface area contributed by atoms with E-state index in [9.17, 15) is 0 Å². The molecule has 2 nitrogen and oxygen atoms in total. The van der Waals surface area contributed by atoms with E-state index in [4.69, 9.17) is 4.99 Å². The molecule has 0 aromatic heterocycles. The van der Waals surface area contributed by atoms with Gasteiger partial charge in [-0.05, 0) is 37.2 Å². The molecule has 1 heterocycles. The number of amidine groups is 1. The minimum atomic E-state index is 0.505. The van der Waals surface area contributed by atoms with Crippen LogP contribution >= 0.6 is 11.8 Å². The maximum atomic E-state index is 4.70. The van der Waals surface area contributed by atoms with E-state index in [0.717, 1.165) is 12.5 Å². The molecule has 1 N–H and O–H groups in total. The lowest BCUT2D eigenvalue weighted by molar-refractivity contribution is 0.306. The summed E-state index contributed by atoms with van der Waals surface area (Å²) in [4.78, 5) is 4.70. The van der Waals surface area contributed by atoms with Crippen LogP contribution in [0.2, 0.25) is 0 Å². The highest BCUT2D eigenvalue weighted by Crippen LogP contribution is 2.35. The van der Waals surface area contributed by atoms with Crippen molar-refractivity contribution in [2.75, 3.05) is 6.54 Å². The first kappa shape index (κ1) is 14.0. The number of benzene rings is 1. The van der Waals surface area contributed by atoms with Crippen LogP contribution in [0.4, 0.5) is 0 Å². The molecule has 0 amide bonds. The van der Waals surface area contributed by atoms with Gasteiger partial charge in [-0.25, -0.2) is 0 Å². The zero-order valence-corrected chi connectivity index (χ0v) is 13.0. The summed E-state index contributed by atoms with van der Waals surface area (Å²) in [5.41, 5.74) is 1.40. The average Bonchev–Trinajstić information content (AvgIpc) is 2.97. The molecule has 1 unspecified atom stereocenters. The molecule has 1 aliphatic carbocycles. The molecule has 2 aliphatic rings. The summed E-state index contributed by atoms with van der Waals surface area (Å²) in [5, 5.41) is 5.35. The van der Waals surface area contributed by atoms with Crippen LogP contribution in [-0.2, 0) is 0 Å². The Kier molecular flexibility index (Phi) is 4.66. The Balaban J connectivity index is 1.49. The zero-order valence-electron chi connectivity index (χ0n) is 12.2. The predicted molar refractivity (Wildman–Crippen MR) is 88.2 cm³/mol. The number of nitrogens with one attached hydrogen (secondary N) is 1. The van der Waals surface area contributed by atoms with Gasteiger partial charge in [0.2, 0.25) is 0 Å². The summed E-state index contributed by atoms with van der Waals surface area (Å²) in [6, 6.07) is 11.4. The first-order valence-corrected chi connectivity index (χ1v) is 8.75. The number of hydrogen-bond acceptors (Lipinski definition) is 3. The summed E-state index contributed by atoms with van der Waals surface area (Å²) in [6.07, 6.45) is 6.74. The van der Waals surface area contributed by atoms with Gasteiger partial charge < -0.3 is 5.32 Å². The van der Waals surface area contributed by atoms with Crippen LogP contribution in [0.5, 0.6) is 0 Å². The van der Waals surface area contributed by atoms with Crippen LogP contribution in [0.3, 0.4) is 0 Å². The molecule has 1 fully saturated rings. The van der Waals surface area contributed by atoms with Gasteiger partial charge in [0.25, 0.3) is 0 Å². The van der Waals surface area contributed by atoms with Crippen molar-refractivity contribution in [1.29, 1.82) is 0 Å². The van der Waals surface area contributed by atoms with Gasteiger partial charge >= 0.3 is 0 Å². The van der Waals surface area contributed by atoms with Gasteiger partial charge in [-0.2, -0.15) is 0 Å². The second kappa shape index (κ2) is 6.66. The van der Waals surface area contributed by atoms with Crippen LogP contribution in [0.25, 0.3) is 0 Å². The van der Waals surface area contributed by atoms with E-state index < -0.39 is 0 Å². The highest BCUT2D eigenvalue weighted by molar-refractivity contribution is 8.14. The number of rotatable bonds is 3. The third-order valence-corrected chi connectivity index (χ3v) is 5.75. The van der Waals surface area contributed by atoms with Crippen molar-refractivity contribution in [3.63, 3.8) is 0 Å². The van der Waals surface area contributed by atoms with Crippen LogP contribution in [0, 0.1) is 5.92 Å². The Morgan fingerprint density at radius 2 is 1.90 bits per heavy atom. The number of nitrogens with zero attached hydrogens (tertiary/aromatic N) is 1. The highest BCUT2D eigenvalue weighted by atomic mass is 32.2. The van der Waals surface area contributed by atoms with Crippen molar-refractivity contribution in [3.8, 4) is 0 Å². The first-order valence-electron chi connectivity index (χ1n) is 7.87. The van der Waals surface area contributed by atoms with Gasteiger partial charge in [-0.1, -0.05) is 55.4 Å². The van der Waals surface area contributed by atoms with Crippen molar-refractivity contribution in [1.82, 2.24) is 5.32 Å². The van der Waals surface area contributed by atoms with Gasteiger partial charge in [0.15, 0.2) is 5.17 Å². The Hall–Kier alpha value is -0.960. The highest BCUT2D eigenvalue weighted by Gasteiger charge is 2.25. The van der Waals surface area contributed by atoms with Gasteiger partial charge in [0.05, 0.1) is 11.8 Å². The second-order valence-electron chi connectivity index (χ2n) is 5.93. The van der Waals surface area contributed by atoms with E-state index in [-0.39, 0.29) is 0 Å². The lowest BCUT2D eigenvalue weighted by atomic mass is 9.85. The quantitative estimate of drug-likeness (QED) is 0.892. The van der Waals surface area contributed by atoms with Crippen LogP contribution in [0.1, 0.15) is 49.8 Å². The van der Waals surface area contributed by atoms with E-state index in [1.807, 2.05) is 11.8 Å². The van der Waals surface area contributed by atoms with E-state index in [1.165, 1.54) is 42.8 Å². The molecule has 0 saturated heterocycles. The Morgan fingerprint density at radius 1 is 1.15 bits per heavy atom. The third kappa shape index (κ3) is 3.38. The molecule has 0 spiro atoms. The van der Waals surface area contributed by atoms with Crippen molar-refractivity contribution in [2.24, 2.45) is 10.9 Å². The molecule has 1 atom stereocenters. The van der Waals surface area contributed by atoms with E-state index in [1.54, 1.807) is 0 Å².